The van der Waals surface area contributed by atoms with E-state index in [2.05, 4.69) is 11.9 Å². The van der Waals surface area contributed by atoms with Crippen LogP contribution in [0.5, 0.6) is 0 Å². The zero-order chi connectivity index (χ0) is 20.0. The van der Waals surface area contributed by atoms with Crippen LogP contribution in [0.4, 0.5) is 0 Å². The van der Waals surface area contributed by atoms with Gasteiger partial charge in [0.25, 0.3) is 0 Å². The molecule has 0 fully saturated rings. The molecule has 156 valence electrons. The van der Waals surface area contributed by atoms with Crippen LogP contribution in [0.25, 0.3) is 0 Å². The van der Waals surface area contributed by atoms with Crippen LogP contribution in [0, 0.1) is 6.92 Å². The number of aryl methyl sites for hydroxylation is 1. The van der Waals surface area contributed by atoms with E-state index in [1.807, 2.05) is 25.1 Å². The van der Waals surface area contributed by atoms with E-state index in [4.69, 9.17) is 5.73 Å². The number of carbonyl (C=O) groups is 1. The van der Waals surface area contributed by atoms with Gasteiger partial charge in [0, 0.05) is 18.3 Å². The summed E-state index contributed by atoms with van der Waals surface area (Å²) >= 11 is 0. The Morgan fingerprint density at radius 3 is 1.52 bits per heavy atom. The molecule has 1 rings (SSSR count). The predicted molar refractivity (Wildman–Crippen MR) is 118 cm³/mol. The predicted octanol–water partition coefficient (Wildman–Crippen LogP) is 7.12. The summed E-state index contributed by atoms with van der Waals surface area (Å²) in [6.07, 6.45) is 22.7. The van der Waals surface area contributed by atoms with Crippen molar-refractivity contribution in [2.45, 2.75) is 117 Å². The molecule has 0 saturated carbocycles. The SMILES string of the molecule is CCCCCCCCCCCCCCCCCC(N)=O.Cc1ccccn1. The van der Waals surface area contributed by atoms with Crippen LogP contribution in [0.2, 0.25) is 0 Å². The lowest BCUT2D eigenvalue weighted by molar-refractivity contribution is -0.118. The molecular formula is C24H44N2O. The van der Waals surface area contributed by atoms with E-state index in [9.17, 15) is 4.79 Å². The van der Waals surface area contributed by atoms with Crippen LogP contribution in [0.3, 0.4) is 0 Å². The second-order valence-corrected chi connectivity index (χ2v) is 7.64. The van der Waals surface area contributed by atoms with E-state index in [1.165, 1.54) is 89.9 Å². The Morgan fingerprint density at radius 2 is 1.22 bits per heavy atom. The van der Waals surface area contributed by atoms with Gasteiger partial charge >= 0.3 is 0 Å². The summed E-state index contributed by atoms with van der Waals surface area (Å²) in [5, 5.41) is 0. The quantitative estimate of drug-likeness (QED) is 0.312. The summed E-state index contributed by atoms with van der Waals surface area (Å²) in [4.78, 5) is 14.5. The van der Waals surface area contributed by atoms with Gasteiger partial charge in [-0.3, -0.25) is 9.78 Å². The Morgan fingerprint density at radius 1 is 0.778 bits per heavy atom. The molecule has 3 nitrogen and oxygen atoms in total. The lowest BCUT2D eigenvalue weighted by Gasteiger charge is -2.03. The molecule has 1 heterocycles. The highest BCUT2D eigenvalue weighted by molar-refractivity contribution is 5.73. The molecule has 0 bridgehead atoms. The summed E-state index contributed by atoms with van der Waals surface area (Å²) < 4.78 is 0. The number of nitrogens with two attached hydrogens (primary N) is 1. The van der Waals surface area contributed by atoms with Gasteiger partial charge < -0.3 is 5.73 Å². The average molecular weight is 377 g/mol. The van der Waals surface area contributed by atoms with Crippen molar-refractivity contribution < 1.29 is 4.79 Å². The summed E-state index contributed by atoms with van der Waals surface area (Å²) in [5.74, 6) is -0.153. The molecule has 0 spiro atoms. The Kier molecular flexibility index (Phi) is 19.9. The number of aromatic nitrogens is 1. The van der Waals surface area contributed by atoms with Gasteiger partial charge in [-0.2, -0.15) is 0 Å². The first-order valence-electron chi connectivity index (χ1n) is 11.3. The summed E-state index contributed by atoms with van der Waals surface area (Å²) in [6, 6.07) is 5.86. The van der Waals surface area contributed by atoms with E-state index >= 15 is 0 Å². The van der Waals surface area contributed by atoms with E-state index < -0.39 is 0 Å². The molecule has 0 aliphatic heterocycles. The fourth-order valence-corrected chi connectivity index (χ4v) is 3.12. The second-order valence-electron chi connectivity index (χ2n) is 7.64. The minimum Gasteiger partial charge on any atom is -0.370 e. The first-order valence-corrected chi connectivity index (χ1v) is 11.3. The average Bonchev–Trinajstić information content (AvgIpc) is 2.66. The molecule has 1 aromatic heterocycles. The molecule has 0 unspecified atom stereocenters. The van der Waals surface area contributed by atoms with Crippen molar-refractivity contribution in [3.8, 4) is 0 Å². The Bertz CT molecular complexity index is 420. The summed E-state index contributed by atoms with van der Waals surface area (Å²) in [5.41, 5.74) is 6.18. The highest BCUT2D eigenvalue weighted by atomic mass is 16.1. The third-order valence-electron chi connectivity index (χ3n) is 4.84. The zero-order valence-corrected chi connectivity index (χ0v) is 18.1. The van der Waals surface area contributed by atoms with Crippen molar-refractivity contribution in [3.63, 3.8) is 0 Å². The molecule has 0 radical (unpaired) electrons. The molecule has 27 heavy (non-hydrogen) atoms. The molecule has 1 aromatic rings. The molecule has 2 N–H and O–H groups in total. The van der Waals surface area contributed by atoms with Crippen molar-refractivity contribution in [1.82, 2.24) is 4.98 Å². The smallest absolute Gasteiger partial charge is 0.217 e. The molecule has 0 saturated heterocycles. The second kappa shape index (κ2) is 20.9. The van der Waals surface area contributed by atoms with Crippen LogP contribution in [-0.4, -0.2) is 10.9 Å². The molecule has 0 aliphatic carbocycles. The highest BCUT2D eigenvalue weighted by Gasteiger charge is 1.96. The van der Waals surface area contributed by atoms with Crippen LogP contribution in [0.1, 0.15) is 115 Å². The first kappa shape index (κ1) is 25.6. The van der Waals surface area contributed by atoms with Crippen LogP contribution < -0.4 is 5.73 Å². The summed E-state index contributed by atoms with van der Waals surface area (Å²) in [7, 11) is 0. The van der Waals surface area contributed by atoms with Gasteiger partial charge in [0.1, 0.15) is 0 Å². The van der Waals surface area contributed by atoms with Crippen molar-refractivity contribution in [2.24, 2.45) is 5.73 Å². The number of primary amides is 1. The molecule has 0 aliphatic rings. The van der Waals surface area contributed by atoms with Gasteiger partial charge in [0.2, 0.25) is 5.91 Å². The lowest BCUT2D eigenvalue weighted by atomic mass is 10.0. The van der Waals surface area contributed by atoms with E-state index in [-0.39, 0.29) is 5.91 Å². The monoisotopic (exact) mass is 376 g/mol. The topological polar surface area (TPSA) is 56.0 Å². The number of hydrogen-bond acceptors (Lipinski definition) is 2. The molecular weight excluding hydrogens is 332 g/mol. The van der Waals surface area contributed by atoms with E-state index in [0.29, 0.717) is 6.42 Å². The highest BCUT2D eigenvalue weighted by Crippen LogP contribution is 2.13. The number of pyridine rings is 1. The third kappa shape index (κ3) is 22.6. The minimum absolute atomic E-state index is 0.153. The molecule has 0 aromatic carbocycles. The van der Waals surface area contributed by atoms with E-state index in [1.54, 1.807) is 6.20 Å². The Hall–Kier alpha value is -1.38. The normalized spacial score (nSPS) is 10.3. The summed E-state index contributed by atoms with van der Waals surface area (Å²) in [6.45, 7) is 4.25. The number of nitrogens with zero attached hydrogens (tertiary/aromatic N) is 1. The standard InChI is InChI=1S/C18H37NO.C6H7N/c1-2-3-4-5-6-7-8-9-10-11-12-13-14-15-16-17-18(19)20;1-6-4-2-3-5-7-6/h2-17H2,1H3,(H2,19,20);2-5H,1H3. The zero-order valence-electron chi connectivity index (χ0n) is 18.1. The maximum absolute atomic E-state index is 10.6. The number of unbranched alkanes of at least 4 members (excludes halogenated alkanes) is 14. The van der Waals surface area contributed by atoms with Crippen LogP contribution >= 0.6 is 0 Å². The number of hydrogen-bond donors (Lipinski definition) is 1. The van der Waals surface area contributed by atoms with Gasteiger partial charge in [0.15, 0.2) is 0 Å². The fraction of sp³-hybridized carbons (Fsp3) is 0.750. The third-order valence-corrected chi connectivity index (χ3v) is 4.84. The molecule has 0 atom stereocenters. The largest absolute Gasteiger partial charge is 0.370 e. The lowest BCUT2D eigenvalue weighted by Crippen LogP contribution is -2.09. The van der Waals surface area contributed by atoms with Crippen LogP contribution in [-0.2, 0) is 4.79 Å². The molecule has 3 heteroatoms. The van der Waals surface area contributed by atoms with Crippen molar-refractivity contribution >= 4 is 5.91 Å². The number of amides is 1. The first-order chi connectivity index (χ1) is 13.2. The van der Waals surface area contributed by atoms with Gasteiger partial charge in [-0.05, 0) is 25.5 Å². The van der Waals surface area contributed by atoms with Crippen LogP contribution in [0.15, 0.2) is 24.4 Å². The van der Waals surface area contributed by atoms with Gasteiger partial charge in [0.05, 0.1) is 0 Å². The van der Waals surface area contributed by atoms with Gasteiger partial charge in [-0.25, -0.2) is 0 Å². The van der Waals surface area contributed by atoms with Crippen molar-refractivity contribution in [1.29, 1.82) is 0 Å². The Labute approximate surface area is 168 Å². The van der Waals surface area contributed by atoms with E-state index in [0.717, 1.165) is 12.1 Å². The molecule has 1 amide bonds. The van der Waals surface area contributed by atoms with Crippen molar-refractivity contribution in [3.05, 3.63) is 30.1 Å². The van der Waals surface area contributed by atoms with Gasteiger partial charge in [-0.15, -0.1) is 0 Å². The Balaban J connectivity index is 0.000000797. The fourth-order valence-electron chi connectivity index (χ4n) is 3.12. The number of rotatable bonds is 16. The maximum atomic E-state index is 10.6. The van der Waals surface area contributed by atoms with Gasteiger partial charge in [-0.1, -0.05) is 103 Å². The maximum Gasteiger partial charge on any atom is 0.217 e. The van der Waals surface area contributed by atoms with Crippen molar-refractivity contribution in [2.75, 3.05) is 0 Å². The number of carbonyl (C=O) groups excluding carboxylic acids is 1. The minimum atomic E-state index is -0.153.